The van der Waals surface area contributed by atoms with E-state index in [1.165, 1.54) is 4.88 Å². The molecule has 1 unspecified atom stereocenters. The Morgan fingerprint density at radius 3 is 2.47 bits per heavy atom. The van der Waals surface area contributed by atoms with E-state index in [1.807, 2.05) is 12.1 Å². The average Bonchev–Trinajstić information content (AvgIpc) is 2.60. The van der Waals surface area contributed by atoms with Crippen LogP contribution in [0.1, 0.15) is 31.7 Å². The first-order chi connectivity index (χ1) is 7.04. The first kappa shape index (κ1) is 13.0. The first-order valence-corrected chi connectivity index (χ1v) is 6.36. The fraction of sp³-hybridized carbons (Fsp3) is 0.636. The molecular formula is C11H18ClNOS. The largest absolute Gasteiger partial charge is 0.395 e. The van der Waals surface area contributed by atoms with E-state index >= 15 is 0 Å². The Balaban J connectivity index is 2.58. The number of hydrogen-bond donors (Lipinski definition) is 2. The third-order valence-electron chi connectivity index (χ3n) is 2.49. The molecule has 1 aromatic rings. The monoisotopic (exact) mass is 247 g/mol. The van der Waals surface area contributed by atoms with Gasteiger partial charge in [0, 0.05) is 17.0 Å². The number of hydrogen-bond acceptors (Lipinski definition) is 3. The predicted molar refractivity (Wildman–Crippen MR) is 66.6 cm³/mol. The van der Waals surface area contributed by atoms with Crippen molar-refractivity contribution in [3.63, 3.8) is 0 Å². The molecule has 15 heavy (non-hydrogen) atoms. The summed E-state index contributed by atoms with van der Waals surface area (Å²) in [4.78, 5) is 1.21. The normalized spacial score (nSPS) is 15.6. The zero-order valence-electron chi connectivity index (χ0n) is 9.33. The molecule has 4 heteroatoms. The lowest BCUT2D eigenvalue weighted by atomic mass is 10.0. The summed E-state index contributed by atoms with van der Waals surface area (Å²) in [5.41, 5.74) is 0. The maximum Gasteiger partial charge on any atom is 0.0931 e. The summed E-state index contributed by atoms with van der Waals surface area (Å²) < 4.78 is 0.809. The van der Waals surface area contributed by atoms with Crippen molar-refractivity contribution in [2.45, 2.75) is 32.9 Å². The van der Waals surface area contributed by atoms with Crippen LogP contribution in [0.4, 0.5) is 0 Å². The van der Waals surface area contributed by atoms with Crippen LogP contribution in [0.2, 0.25) is 4.34 Å². The number of nitrogens with one attached hydrogen (secondary N) is 1. The quantitative estimate of drug-likeness (QED) is 0.838. The molecule has 0 saturated heterocycles. The third kappa shape index (κ3) is 3.76. The van der Waals surface area contributed by atoms with E-state index in [-0.39, 0.29) is 18.7 Å². The van der Waals surface area contributed by atoms with Crippen LogP contribution in [0, 0.1) is 5.92 Å². The molecule has 1 rings (SSSR count). The second-order valence-electron chi connectivity index (χ2n) is 4.06. The zero-order chi connectivity index (χ0) is 11.4. The highest BCUT2D eigenvalue weighted by molar-refractivity contribution is 7.16. The van der Waals surface area contributed by atoms with Crippen molar-refractivity contribution in [2.24, 2.45) is 5.92 Å². The van der Waals surface area contributed by atoms with E-state index in [1.54, 1.807) is 11.3 Å². The van der Waals surface area contributed by atoms with E-state index in [4.69, 9.17) is 11.6 Å². The third-order valence-corrected chi connectivity index (χ3v) is 3.90. The number of thiophene rings is 1. The minimum absolute atomic E-state index is 0.140. The van der Waals surface area contributed by atoms with E-state index in [2.05, 4.69) is 26.1 Å². The van der Waals surface area contributed by atoms with Crippen LogP contribution < -0.4 is 5.32 Å². The molecule has 0 saturated carbocycles. The van der Waals surface area contributed by atoms with Crippen molar-refractivity contribution < 1.29 is 5.11 Å². The lowest BCUT2D eigenvalue weighted by Crippen LogP contribution is -2.38. The van der Waals surface area contributed by atoms with Crippen molar-refractivity contribution in [3.05, 3.63) is 21.3 Å². The molecule has 0 amide bonds. The van der Waals surface area contributed by atoms with Crippen LogP contribution in [0.3, 0.4) is 0 Å². The second kappa shape index (κ2) is 5.85. The summed E-state index contributed by atoms with van der Waals surface area (Å²) in [5, 5.41) is 12.6. The van der Waals surface area contributed by atoms with Crippen molar-refractivity contribution in [3.8, 4) is 0 Å². The lowest BCUT2D eigenvalue weighted by molar-refractivity contribution is 0.202. The molecule has 0 radical (unpaired) electrons. The number of aliphatic hydroxyl groups is 1. The Morgan fingerprint density at radius 2 is 2.07 bits per heavy atom. The van der Waals surface area contributed by atoms with Crippen LogP contribution in [0.5, 0.6) is 0 Å². The lowest BCUT2D eigenvalue weighted by Gasteiger charge is -2.24. The highest BCUT2D eigenvalue weighted by Gasteiger charge is 2.16. The minimum atomic E-state index is 0.140. The predicted octanol–water partition coefficient (Wildman–Crippen LogP) is 3.07. The number of halogens is 1. The van der Waals surface area contributed by atoms with Crippen molar-refractivity contribution in [1.29, 1.82) is 0 Å². The summed E-state index contributed by atoms with van der Waals surface area (Å²) >= 11 is 7.46. The van der Waals surface area contributed by atoms with Gasteiger partial charge in [-0.05, 0) is 25.0 Å². The number of rotatable bonds is 5. The van der Waals surface area contributed by atoms with Gasteiger partial charge in [-0.1, -0.05) is 25.4 Å². The molecule has 2 atom stereocenters. The van der Waals surface area contributed by atoms with Crippen LogP contribution in [0.15, 0.2) is 12.1 Å². The molecule has 2 nitrogen and oxygen atoms in total. The van der Waals surface area contributed by atoms with Crippen LogP contribution >= 0.6 is 22.9 Å². The smallest absolute Gasteiger partial charge is 0.0931 e. The zero-order valence-corrected chi connectivity index (χ0v) is 10.9. The molecule has 86 valence electrons. The van der Waals surface area contributed by atoms with E-state index in [0.29, 0.717) is 5.92 Å². The molecule has 0 aromatic carbocycles. The Hall–Kier alpha value is -0.0900. The molecule has 0 aliphatic carbocycles. The highest BCUT2D eigenvalue weighted by Crippen LogP contribution is 2.27. The first-order valence-electron chi connectivity index (χ1n) is 5.16. The van der Waals surface area contributed by atoms with Gasteiger partial charge in [-0.3, -0.25) is 0 Å². The van der Waals surface area contributed by atoms with E-state index in [9.17, 15) is 5.11 Å². The van der Waals surface area contributed by atoms with Gasteiger partial charge in [0.05, 0.1) is 10.9 Å². The van der Waals surface area contributed by atoms with Gasteiger partial charge in [0.2, 0.25) is 0 Å². The Kier molecular flexibility index (Phi) is 5.06. The molecule has 2 N–H and O–H groups in total. The Labute approximate surface area is 100 Å². The number of aliphatic hydroxyl groups excluding tert-OH is 1. The molecule has 0 spiro atoms. The van der Waals surface area contributed by atoms with Crippen LogP contribution in [-0.2, 0) is 0 Å². The van der Waals surface area contributed by atoms with E-state index in [0.717, 1.165) is 4.34 Å². The van der Waals surface area contributed by atoms with Gasteiger partial charge in [-0.25, -0.2) is 0 Å². The van der Waals surface area contributed by atoms with Crippen molar-refractivity contribution in [2.75, 3.05) is 6.61 Å². The molecule has 0 fully saturated rings. The second-order valence-corrected chi connectivity index (χ2v) is 5.81. The minimum Gasteiger partial charge on any atom is -0.395 e. The van der Waals surface area contributed by atoms with Gasteiger partial charge >= 0.3 is 0 Å². The molecule has 0 bridgehead atoms. The van der Waals surface area contributed by atoms with Gasteiger partial charge in [0.25, 0.3) is 0 Å². The maximum absolute atomic E-state index is 9.21. The molecule has 1 aromatic heterocycles. The van der Waals surface area contributed by atoms with Gasteiger partial charge in [-0.15, -0.1) is 11.3 Å². The molecular weight excluding hydrogens is 230 g/mol. The van der Waals surface area contributed by atoms with Crippen LogP contribution in [0.25, 0.3) is 0 Å². The summed E-state index contributed by atoms with van der Waals surface area (Å²) in [7, 11) is 0. The van der Waals surface area contributed by atoms with Gasteiger partial charge in [-0.2, -0.15) is 0 Å². The summed E-state index contributed by atoms with van der Waals surface area (Å²) in [6, 6.07) is 4.31. The maximum atomic E-state index is 9.21. The standard InChI is InChI=1S/C11H18ClNOS/c1-7(2)9(6-14)13-8(3)10-4-5-11(12)15-10/h4-5,7-9,13-14H,6H2,1-3H3/t8?,9-/m1/s1. The van der Waals surface area contributed by atoms with Gasteiger partial charge in [0.15, 0.2) is 0 Å². The van der Waals surface area contributed by atoms with Crippen molar-refractivity contribution >= 4 is 22.9 Å². The topological polar surface area (TPSA) is 32.3 Å². The van der Waals surface area contributed by atoms with Gasteiger partial charge < -0.3 is 10.4 Å². The summed E-state index contributed by atoms with van der Waals surface area (Å²) in [6.07, 6.45) is 0. The summed E-state index contributed by atoms with van der Waals surface area (Å²) in [6.45, 7) is 6.46. The Bertz CT molecular complexity index is 301. The fourth-order valence-electron chi connectivity index (χ4n) is 1.42. The highest BCUT2D eigenvalue weighted by atomic mass is 35.5. The fourth-order valence-corrected chi connectivity index (χ4v) is 2.49. The Morgan fingerprint density at radius 1 is 1.40 bits per heavy atom. The van der Waals surface area contributed by atoms with E-state index < -0.39 is 0 Å². The van der Waals surface area contributed by atoms with Crippen molar-refractivity contribution in [1.82, 2.24) is 5.32 Å². The molecule has 1 heterocycles. The molecule has 0 aliphatic heterocycles. The van der Waals surface area contributed by atoms with Crippen LogP contribution in [-0.4, -0.2) is 17.8 Å². The van der Waals surface area contributed by atoms with Gasteiger partial charge in [0.1, 0.15) is 0 Å². The molecule has 0 aliphatic rings. The average molecular weight is 248 g/mol. The summed E-state index contributed by atoms with van der Waals surface area (Å²) in [5.74, 6) is 0.424. The SMILES string of the molecule is CC(N[C@H](CO)C(C)C)c1ccc(Cl)s1.